The lowest BCUT2D eigenvalue weighted by Crippen LogP contribution is -2.30. The molecule has 0 fully saturated rings. The molecule has 1 aliphatic rings. The molecule has 2 aromatic rings. The van der Waals surface area contributed by atoms with Gasteiger partial charge in [-0.05, 0) is 34.5 Å². The fourth-order valence-electron chi connectivity index (χ4n) is 2.25. The molecule has 1 atom stereocenters. The van der Waals surface area contributed by atoms with Crippen LogP contribution in [0.4, 0.5) is 0 Å². The number of H-pyrrole nitrogens is 1. The van der Waals surface area contributed by atoms with E-state index in [1.165, 1.54) is 5.56 Å². The van der Waals surface area contributed by atoms with Crippen LogP contribution in [0, 0.1) is 0 Å². The topological polar surface area (TPSA) is 49.8 Å². The van der Waals surface area contributed by atoms with Gasteiger partial charge in [-0.1, -0.05) is 6.07 Å². The molecule has 4 nitrogen and oxygen atoms in total. The van der Waals surface area contributed by atoms with Crippen LogP contribution in [0.15, 0.2) is 21.4 Å². The van der Waals surface area contributed by atoms with E-state index in [4.69, 9.17) is 0 Å². The highest BCUT2D eigenvalue weighted by Crippen LogP contribution is 2.26. The van der Waals surface area contributed by atoms with E-state index in [2.05, 4.69) is 39.2 Å². The molecule has 0 amide bonds. The van der Waals surface area contributed by atoms with Gasteiger partial charge in [-0.2, -0.15) is 0 Å². The van der Waals surface area contributed by atoms with Gasteiger partial charge in [0.2, 0.25) is 0 Å². The van der Waals surface area contributed by atoms with Gasteiger partial charge in [0.25, 0.3) is 0 Å². The maximum absolute atomic E-state index is 11.9. The van der Waals surface area contributed by atoms with Gasteiger partial charge < -0.3 is 10.3 Å². The van der Waals surface area contributed by atoms with Crippen LogP contribution in [0.5, 0.6) is 0 Å². The molecule has 0 aliphatic carbocycles. The molecular weight excluding hydrogens is 270 g/mol. The van der Waals surface area contributed by atoms with Crippen LogP contribution in [0.2, 0.25) is 0 Å². The van der Waals surface area contributed by atoms with Crippen LogP contribution >= 0.6 is 15.9 Å². The largest absolute Gasteiger partial charge is 0.326 e. The molecule has 0 saturated heterocycles. The predicted molar refractivity (Wildman–Crippen MR) is 66.6 cm³/mol. The van der Waals surface area contributed by atoms with E-state index >= 15 is 0 Å². The first-order valence-corrected chi connectivity index (χ1v) is 6.09. The minimum absolute atomic E-state index is 0.0290. The summed E-state index contributed by atoms with van der Waals surface area (Å²) in [4.78, 5) is 14.8. The van der Waals surface area contributed by atoms with Gasteiger partial charge in [0, 0.05) is 23.6 Å². The average molecular weight is 282 g/mol. The lowest BCUT2D eigenvalue weighted by atomic mass is 10.2. The van der Waals surface area contributed by atoms with Crippen LogP contribution in [0.25, 0.3) is 11.0 Å². The van der Waals surface area contributed by atoms with Crippen molar-refractivity contribution in [2.45, 2.75) is 26.1 Å². The molecule has 2 heterocycles. The summed E-state index contributed by atoms with van der Waals surface area (Å²) in [5.74, 6) is 0. The number of nitrogens with one attached hydrogen (secondary N) is 2. The van der Waals surface area contributed by atoms with Crippen molar-refractivity contribution < 1.29 is 0 Å². The Morgan fingerprint density at radius 1 is 1.50 bits per heavy atom. The number of aromatic nitrogens is 2. The summed E-state index contributed by atoms with van der Waals surface area (Å²) in [7, 11) is 0. The molecule has 1 aliphatic heterocycles. The molecule has 16 heavy (non-hydrogen) atoms. The van der Waals surface area contributed by atoms with Gasteiger partial charge >= 0.3 is 5.69 Å². The van der Waals surface area contributed by atoms with E-state index < -0.39 is 0 Å². The van der Waals surface area contributed by atoms with Crippen molar-refractivity contribution in [2.75, 3.05) is 0 Å². The number of halogens is 1. The number of aromatic amines is 1. The summed E-state index contributed by atoms with van der Waals surface area (Å²) >= 11 is 3.47. The van der Waals surface area contributed by atoms with Crippen molar-refractivity contribution in [1.29, 1.82) is 0 Å². The van der Waals surface area contributed by atoms with E-state index in [-0.39, 0.29) is 5.69 Å². The summed E-state index contributed by atoms with van der Waals surface area (Å²) in [6, 6.07) is 4.35. The first-order chi connectivity index (χ1) is 7.66. The van der Waals surface area contributed by atoms with Gasteiger partial charge in [0.1, 0.15) is 0 Å². The van der Waals surface area contributed by atoms with Gasteiger partial charge in [-0.3, -0.25) is 4.57 Å². The fraction of sp³-hybridized carbons (Fsp3) is 0.364. The number of hydrogen-bond acceptors (Lipinski definition) is 2. The van der Waals surface area contributed by atoms with Gasteiger partial charge in [0.05, 0.1) is 11.0 Å². The Morgan fingerprint density at radius 3 is 3.12 bits per heavy atom. The normalized spacial score (nSPS) is 20.0. The van der Waals surface area contributed by atoms with E-state index in [1.807, 2.05) is 10.6 Å². The van der Waals surface area contributed by atoms with Crippen molar-refractivity contribution in [1.82, 2.24) is 14.9 Å². The third-order valence-electron chi connectivity index (χ3n) is 3.06. The van der Waals surface area contributed by atoms with E-state index in [0.717, 1.165) is 22.1 Å². The molecule has 0 radical (unpaired) electrons. The van der Waals surface area contributed by atoms with Crippen molar-refractivity contribution in [2.24, 2.45) is 0 Å². The van der Waals surface area contributed by atoms with Crippen molar-refractivity contribution in [3.8, 4) is 0 Å². The lowest BCUT2D eigenvalue weighted by Gasteiger charge is -2.08. The van der Waals surface area contributed by atoms with Gasteiger partial charge in [-0.15, -0.1) is 0 Å². The van der Waals surface area contributed by atoms with Crippen molar-refractivity contribution in [3.05, 3.63) is 32.7 Å². The molecule has 84 valence electrons. The smallest absolute Gasteiger partial charge is 0.308 e. The van der Waals surface area contributed by atoms with E-state index in [1.54, 1.807) is 0 Å². The Hall–Kier alpha value is -1.07. The molecule has 1 aromatic carbocycles. The van der Waals surface area contributed by atoms with Crippen LogP contribution in [0.3, 0.4) is 0 Å². The van der Waals surface area contributed by atoms with Crippen LogP contribution in [0.1, 0.15) is 12.5 Å². The predicted octanol–water partition coefficient (Wildman–Crippen LogP) is 1.58. The maximum Gasteiger partial charge on any atom is 0.326 e. The maximum atomic E-state index is 11.9. The minimum Gasteiger partial charge on any atom is -0.308 e. The number of hydrogen-bond donors (Lipinski definition) is 2. The second-order valence-corrected chi connectivity index (χ2v) is 5.11. The minimum atomic E-state index is -0.0290. The average Bonchev–Trinajstić information content (AvgIpc) is 2.47. The first-order valence-electron chi connectivity index (χ1n) is 5.30. The molecule has 0 bridgehead atoms. The second-order valence-electron chi connectivity index (χ2n) is 4.25. The Balaban J connectivity index is 2.43. The monoisotopic (exact) mass is 281 g/mol. The summed E-state index contributed by atoms with van der Waals surface area (Å²) in [5, 5.41) is 3.40. The number of nitrogens with zero attached hydrogens (tertiary/aromatic N) is 1. The van der Waals surface area contributed by atoms with Crippen molar-refractivity contribution in [3.63, 3.8) is 0 Å². The summed E-state index contributed by atoms with van der Waals surface area (Å²) in [6.45, 7) is 3.61. The quantitative estimate of drug-likeness (QED) is 0.771. The first kappa shape index (κ1) is 10.1. The summed E-state index contributed by atoms with van der Waals surface area (Å²) < 4.78 is 2.76. The second kappa shape index (κ2) is 3.46. The highest BCUT2D eigenvalue weighted by molar-refractivity contribution is 9.10. The highest BCUT2D eigenvalue weighted by Gasteiger charge is 2.18. The van der Waals surface area contributed by atoms with Crippen molar-refractivity contribution >= 4 is 27.0 Å². The number of benzene rings is 1. The summed E-state index contributed by atoms with van der Waals surface area (Å²) in [5.41, 5.74) is 3.06. The van der Waals surface area contributed by atoms with Crippen LogP contribution in [-0.4, -0.2) is 15.6 Å². The van der Waals surface area contributed by atoms with Gasteiger partial charge in [0.15, 0.2) is 0 Å². The lowest BCUT2D eigenvalue weighted by molar-refractivity contribution is 0.491. The van der Waals surface area contributed by atoms with Crippen LogP contribution < -0.4 is 11.0 Å². The third kappa shape index (κ3) is 1.35. The standard InChI is InChI=1S/C11H12BrN3O/c1-6-5-15-10-7(4-13-6)2-3-8(12)9(10)14-11(15)16/h2-3,6,13H,4-5H2,1H3,(H,14,16)/t6-/m0/s1. The highest BCUT2D eigenvalue weighted by atomic mass is 79.9. The van der Waals surface area contributed by atoms with Gasteiger partial charge in [-0.25, -0.2) is 4.79 Å². The zero-order valence-electron chi connectivity index (χ0n) is 8.88. The molecule has 1 aromatic heterocycles. The zero-order valence-corrected chi connectivity index (χ0v) is 10.5. The molecule has 0 unspecified atom stereocenters. The number of rotatable bonds is 0. The Labute approximate surface area is 101 Å². The van der Waals surface area contributed by atoms with E-state index in [0.29, 0.717) is 12.6 Å². The SMILES string of the molecule is C[C@H]1Cn2c(=O)[nH]c3c(Br)ccc(c32)CN1. The molecule has 2 N–H and O–H groups in total. The van der Waals surface area contributed by atoms with Crippen LogP contribution in [-0.2, 0) is 13.1 Å². The summed E-state index contributed by atoms with van der Waals surface area (Å²) in [6.07, 6.45) is 0. The fourth-order valence-corrected chi connectivity index (χ4v) is 2.67. The molecular formula is C11H12BrN3O. The Kier molecular flexibility index (Phi) is 2.19. The Bertz CT molecular complexity index is 613. The third-order valence-corrected chi connectivity index (χ3v) is 3.72. The molecule has 0 saturated carbocycles. The molecule has 3 rings (SSSR count). The van der Waals surface area contributed by atoms with E-state index in [9.17, 15) is 4.79 Å². The zero-order chi connectivity index (χ0) is 11.3. The molecule has 5 heteroatoms. The molecule has 0 spiro atoms. The number of imidazole rings is 1. The Morgan fingerprint density at radius 2 is 2.31 bits per heavy atom.